The molecule has 2 heterocycles. The Balaban J connectivity index is 1.87. The van der Waals surface area contributed by atoms with Gasteiger partial charge in [-0.15, -0.1) is 0 Å². The molecular weight excluding hydrogens is 264 g/mol. The molecule has 1 aliphatic heterocycles. The minimum Gasteiger partial charge on any atom is -0.475 e. The molecule has 21 heavy (non-hydrogen) atoms. The van der Waals surface area contributed by atoms with Gasteiger partial charge in [0.1, 0.15) is 0 Å². The third-order valence-electron chi connectivity index (χ3n) is 3.69. The fraction of sp³-hybridized carbons (Fsp3) is 0.750. The molecule has 0 radical (unpaired) electrons. The molecular formula is C16H28N4O. The topological polar surface area (TPSA) is 50.3 Å². The van der Waals surface area contributed by atoms with Gasteiger partial charge in [0.25, 0.3) is 0 Å². The van der Waals surface area contributed by atoms with Crippen LogP contribution in [0.2, 0.25) is 0 Å². The summed E-state index contributed by atoms with van der Waals surface area (Å²) in [5, 5.41) is 3.53. The Morgan fingerprint density at radius 3 is 2.62 bits per heavy atom. The summed E-state index contributed by atoms with van der Waals surface area (Å²) >= 11 is 0. The molecule has 1 N–H and O–H groups in total. The maximum atomic E-state index is 5.64. The van der Waals surface area contributed by atoms with Gasteiger partial charge in [-0.1, -0.05) is 13.8 Å². The Labute approximate surface area is 128 Å². The minimum atomic E-state index is 0.139. The minimum absolute atomic E-state index is 0.139. The van der Waals surface area contributed by atoms with E-state index in [-0.39, 0.29) is 6.10 Å². The normalized spacial score (nSPS) is 16.8. The molecule has 2 rings (SSSR count). The van der Waals surface area contributed by atoms with Crippen LogP contribution in [0.25, 0.3) is 0 Å². The van der Waals surface area contributed by atoms with Crippen molar-refractivity contribution in [1.82, 2.24) is 15.3 Å². The summed E-state index contributed by atoms with van der Waals surface area (Å²) in [6.07, 6.45) is 4.31. The van der Waals surface area contributed by atoms with Gasteiger partial charge in [0.15, 0.2) is 0 Å². The maximum absolute atomic E-state index is 5.64. The molecule has 0 atom stereocenters. The predicted octanol–water partition coefficient (Wildman–Crippen LogP) is 2.48. The largest absolute Gasteiger partial charge is 0.475 e. The predicted molar refractivity (Wildman–Crippen MR) is 85.9 cm³/mol. The summed E-state index contributed by atoms with van der Waals surface area (Å²) in [5.41, 5.74) is 0. The molecule has 0 aromatic carbocycles. The van der Waals surface area contributed by atoms with Crippen LogP contribution in [0, 0.1) is 5.92 Å². The van der Waals surface area contributed by atoms with E-state index in [1.807, 2.05) is 19.9 Å². The maximum Gasteiger partial charge on any atom is 0.228 e. The molecule has 5 heteroatoms. The second-order valence-corrected chi connectivity index (χ2v) is 6.35. The van der Waals surface area contributed by atoms with Gasteiger partial charge in [0, 0.05) is 31.4 Å². The average Bonchev–Trinajstić information content (AvgIpc) is 2.45. The molecule has 118 valence electrons. The number of piperidine rings is 1. The van der Waals surface area contributed by atoms with Gasteiger partial charge in [-0.25, -0.2) is 4.98 Å². The molecule has 1 aromatic heterocycles. The van der Waals surface area contributed by atoms with Crippen molar-refractivity contribution in [3.8, 4) is 5.88 Å². The van der Waals surface area contributed by atoms with E-state index in [9.17, 15) is 0 Å². The van der Waals surface area contributed by atoms with Crippen LogP contribution in [0.4, 0.5) is 5.95 Å². The van der Waals surface area contributed by atoms with Crippen LogP contribution in [0.15, 0.2) is 12.3 Å². The monoisotopic (exact) mass is 292 g/mol. The van der Waals surface area contributed by atoms with Crippen molar-refractivity contribution >= 4 is 5.95 Å². The van der Waals surface area contributed by atoms with E-state index in [1.54, 1.807) is 6.20 Å². The first kappa shape index (κ1) is 16.0. The molecule has 1 fully saturated rings. The average molecular weight is 292 g/mol. The van der Waals surface area contributed by atoms with Gasteiger partial charge in [-0.05, 0) is 39.2 Å². The SMILES string of the molecule is CC(C)NCC1CCN(c2nccc(OC(C)C)n2)CC1. The summed E-state index contributed by atoms with van der Waals surface area (Å²) in [4.78, 5) is 11.2. The van der Waals surface area contributed by atoms with Gasteiger partial charge in [0.05, 0.1) is 6.10 Å². The molecule has 0 saturated carbocycles. The van der Waals surface area contributed by atoms with Crippen LogP contribution < -0.4 is 15.0 Å². The van der Waals surface area contributed by atoms with Crippen molar-refractivity contribution < 1.29 is 4.74 Å². The molecule has 0 spiro atoms. The van der Waals surface area contributed by atoms with Crippen LogP contribution in [0.5, 0.6) is 5.88 Å². The summed E-state index contributed by atoms with van der Waals surface area (Å²) in [6.45, 7) is 11.6. The number of nitrogens with one attached hydrogen (secondary N) is 1. The van der Waals surface area contributed by atoms with Crippen LogP contribution >= 0.6 is 0 Å². The molecule has 1 saturated heterocycles. The van der Waals surface area contributed by atoms with E-state index in [2.05, 4.69) is 34.0 Å². The van der Waals surface area contributed by atoms with Crippen LogP contribution in [-0.2, 0) is 0 Å². The molecule has 5 nitrogen and oxygen atoms in total. The van der Waals surface area contributed by atoms with Crippen LogP contribution in [-0.4, -0.2) is 41.7 Å². The molecule has 1 aliphatic rings. The van der Waals surface area contributed by atoms with E-state index >= 15 is 0 Å². The first-order chi connectivity index (χ1) is 10.0. The van der Waals surface area contributed by atoms with Crippen molar-refractivity contribution in [2.75, 3.05) is 24.5 Å². The van der Waals surface area contributed by atoms with E-state index < -0.39 is 0 Å². The summed E-state index contributed by atoms with van der Waals surface area (Å²) in [7, 11) is 0. The Morgan fingerprint density at radius 2 is 2.00 bits per heavy atom. The third-order valence-corrected chi connectivity index (χ3v) is 3.69. The Morgan fingerprint density at radius 1 is 1.29 bits per heavy atom. The number of hydrogen-bond acceptors (Lipinski definition) is 5. The van der Waals surface area contributed by atoms with Crippen molar-refractivity contribution in [2.45, 2.75) is 52.7 Å². The standard InChI is InChI=1S/C16H28N4O/c1-12(2)18-11-14-6-9-20(10-7-14)16-17-8-5-15(19-16)21-13(3)4/h5,8,12-14,18H,6-7,9-11H2,1-4H3. The van der Waals surface area contributed by atoms with Crippen molar-refractivity contribution in [1.29, 1.82) is 0 Å². The highest BCUT2D eigenvalue weighted by molar-refractivity contribution is 5.32. The summed E-state index contributed by atoms with van der Waals surface area (Å²) in [6, 6.07) is 2.39. The molecule has 0 unspecified atom stereocenters. The zero-order valence-electron chi connectivity index (χ0n) is 13.7. The fourth-order valence-corrected chi connectivity index (χ4v) is 2.53. The van der Waals surface area contributed by atoms with E-state index in [0.29, 0.717) is 11.9 Å². The van der Waals surface area contributed by atoms with E-state index in [4.69, 9.17) is 4.74 Å². The van der Waals surface area contributed by atoms with Gasteiger partial charge in [0.2, 0.25) is 11.8 Å². The number of nitrogens with zero attached hydrogens (tertiary/aromatic N) is 3. The Hall–Kier alpha value is -1.36. The van der Waals surface area contributed by atoms with Gasteiger partial charge >= 0.3 is 0 Å². The molecule has 0 amide bonds. The van der Waals surface area contributed by atoms with E-state index in [0.717, 1.165) is 31.5 Å². The zero-order valence-corrected chi connectivity index (χ0v) is 13.7. The van der Waals surface area contributed by atoms with Gasteiger partial charge in [-0.2, -0.15) is 4.98 Å². The lowest BCUT2D eigenvalue weighted by atomic mass is 9.97. The smallest absolute Gasteiger partial charge is 0.228 e. The fourth-order valence-electron chi connectivity index (χ4n) is 2.53. The number of anilines is 1. The molecule has 0 bridgehead atoms. The lowest BCUT2D eigenvalue weighted by Crippen LogP contribution is -2.39. The van der Waals surface area contributed by atoms with Crippen LogP contribution in [0.1, 0.15) is 40.5 Å². The summed E-state index contributed by atoms with van der Waals surface area (Å²) in [5.74, 6) is 2.22. The number of aromatic nitrogens is 2. The Bertz CT molecular complexity index is 428. The van der Waals surface area contributed by atoms with Crippen molar-refractivity contribution in [3.05, 3.63) is 12.3 Å². The lowest BCUT2D eigenvalue weighted by molar-refractivity contribution is 0.232. The summed E-state index contributed by atoms with van der Waals surface area (Å²) < 4.78 is 5.64. The highest BCUT2D eigenvalue weighted by Crippen LogP contribution is 2.21. The Kier molecular flexibility index (Phi) is 5.79. The number of hydrogen-bond donors (Lipinski definition) is 1. The highest BCUT2D eigenvalue weighted by atomic mass is 16.5. The second-order valence-electron chi connectivity index (χ2n) is 6.35. The molecule has 0 aliphatic carbocycles. The third kappa shape index (κ3) is 5.16. The number of rotatable bonds is 6. The van der Waals surface area contributed by atoms with Crippen LogP contribution in [0.3, 0.4) is 0 Å². The first-order valence-electron chi connectivity index (χ1n) is 8.02. The van der Waals surface area contributed by atoms with Gasteiger partial charge in [-0.3, -0.25) is 0 Å². The zero-order chi connectivity index (χ0) is 15.2. The van der Waals surface area contributed by atoms with Gasteiger partial charge < -0.3 is 15.0 Å². The quantitative estimate of drug-likeness (QED) is 0.873. The number of ether oxygens (including phenoxy) is 1. The second kappa shape index (κ2) is 7.59. The van der Waals surface area contributed by atoms with Crippen molar-refractivity contribution in [3.63, 3.8) is 0 Å². The molecule has 1 aromatic rings. The lowest BCUT2D eigenvalue weighted by Gasteiger charge is -2.32. The van der Waals surface area contributed by atoms with E-state index in [1.165, 1.54) is 12.8 Å². The van der Waals surface area contributed by atoms with Crippen molar-refractivity contribution in [2.24, 2.45) is 5.92 Å². The first-order valence-corrected chi connectivity index (χ1v) is 8.02. The highest BCUT2D eigenvalue weighted by Gasteiger charge is 2.21.